The van der Waals surface area contributed by atoms with Crippen molar-refractivity contribution in [3.05, 3.63) is 42.4 Å². The summed E-state index contributed by atoms with van der Waals surface area (Å²) in [6.07, 6.45) is 2.55. The summed E-state index contributed by atoms with van der Waals surface area (Å²) >= 11 is 0. The molecule has 0 fully saturated rings. The molecule has 3 N–H and O–H groups in total. The second-order valence-electron chi connectivity index (χ2n) is 4.11. The zero-order chi connectivity index (χ0) is 16.2. The molecule has 0 radical (unpaired) electrons. The fourth-order valence-electron chi connectivity index (χ4n) is 1.62. The lowest BCUT2D eigenvalue weighted by Gasteiger charge is -2.09. The minimum absolute atomic E-state index is 0.0678. The Morgan fingerprint density at radius 2 is 2.05 bits per heavy atom. The summed E-state index contributed by atoms with van der Waals surface area (Å²) in [5.74, 6) is 0.0153. The topological polar surface area (TPSA) is 107 Å². The number of nitrogens with two attached hydrogens (primary N) is 1. The standard InChI is InChI=1S/C12H12F2N4O3S/c13-12(14)21-9-4-3-8(17-7-9)6-18-11-10(22(15,19)20)2-1-5-16-11/h1-5,7,12H,6H2,(H,16,18)(H2,15,19,20). The van der Waals surface area contributed by atoms with E-state index in [4.69, 9.17) is 5.14 Å². The molecular weight excluding hydrogens is 318 g/mol. The lowest BCUT2D eigenvalue weighted by Crippen LogP contribution is -2.16. The minimum atomic E-state index is -3.91. The van der Waals surface area contributed by atoms with E-state index < -0.39 is 16.6 Å². The summed E-state index contributed by atoms with van der Waals surface area (Å²) < 4.78 is 51.0. The number of primary sulfonamides is 1. The Balaban J connectivity index is 2.08. The first-order valence-corrected chi connectivity index (χ1v) is 7.52. The van der Waals surface area contributed by atoms with Crippen molar-refractivity contribution in [1.82, 2.24) is 9.97 Å². The predicted octanol–water partition coefficient (Wildman–Crippen LogP) is 1.34. The fraction of sp³-hybridized carbons (Fsp3) is 0.167. The van der Waals surface area contributed by atoms with Crippen LogP contribution in [0.25, 0.3) is 0 Å². The minimum Gasteiger partial charge on any atom is -0.433 e. The Morgan fingerprint density at radius 1 is 1.27 bits per heavy atom. The first kappa shape index (κ1) is 16.0. The van der Waals surface area contributed by atoms with Gasteiger partial charge in [-0.1, -0.05) is 0 Å². The van der Waals surface area contributed by atoms with Gasteiger partial charge in [-0.3, -0.25) is 4.98 Å². The van der Waals surface area contributed by atoms with E-state index in [9.17, 15) is 17.2 Å². The highest BCUT2D eigenvalue weighted by molar-refractivity contribution is 7.89. The highest BCUT2D eigenvalue weighted by atomic mass is 32.2. The molecule has 0 unspecified atom stereocenters. The Bertz CT molecular complexity index is 738. The zero-order valence-electron chi connectivity index (χ0n) is 11.1. The third kappa shape index (κ3) is 4.33. The van der Waals surface area contributed by atoms with Gasteiger partial charge in [0.1, 0.15) is 16.5 Å². The second kappa shape index (κ2) is 6.62. The van der Waals surface area contributed by atoms with Gasteiger partial charge in [0.15, 0.2) is 0 Å². The fourth-order valence-corrected chi connectivity index (χ4v) is 2.28. The second-order valence-corrected chi connectivity index (χ2v) is 5.64. The first-order valence-electron chi connectivity index (χ1n) is 5.97. The third-order valence-electron chi connectivity index (χ3n) is 2.54. The van der Waals surface area contributed by atoms with Gasteiger partial charge < -0.3 is 10.1 Å². The van der Waals surface area contributed by atoms with Crippen molar-refractivity contribution in [2.45, 2.75) is 18.1 Å². The van der Waals surface area contributed by atoms with Gasteiger partial charge in [-0.05, 0) is 24.3 Å². The summed E-state index contributed by atoms with van der Waals surface area (Å²) in [6.45, 7) is -2.79. The molecule has 2 rings (SSSR count). The van der Waals surface area contributed by atoms with Crippen molar-refractivity contribution in [3.63, 3.8) is 0 Å². The average molecular weight is 330 g/mol. The van der Waals surface area contributed by atoms with Gasteiger partial charge in [-0.15, -0.1) is 0 Å². The molecule has 0 bridgehead atoms. The number of sulfonamides is 1. The van der Waals surface area contributed by atoms with E-state index in [1.807, 2.05) is 0 Å². The highest BCUT2D eigenvalue weighted by Gasteiger charge is 2.14. The van der Waals surface area contributed by atoms with Gasteiger partial charge in [-0.2, -0.15) is 8.78 Å². The molecule has 2 aromatic heterocycles. The van der Waals surface area contributed by atoms with Crippen molar-refractivity contribution in [3.8, 4) is 5.75 Å². The van der Waals surface area contributed by atoms with Gasteiger partial charge in [0.05, 0.1) is 18.4 Å². The quantitative estimate of drug-likeness (QED) is 0.827. The molecule has 0 aliphatic rings. The molecule has 0 saturated heterocycles. The lowest BCUT2D eigenvalue weighted by molar-refractivity contribution is -0.0500. The van der Waals surface area contributed by atoms with Gasteiger partial charge in [-0.25, -0.2) is 18.5 Å². The van der Waals surface area contributed by atoms with Crippen molar-refractivity contribution >= 4 is 15.8 Å². The number of alkyl halides is 2. The number of pyridine rings is 2. The number of nitrogens with one attached hydrogen (secondary N) is 1. The van der Waals surface area contributed by atoms with Crippen molar-refractivity contribution in [2.75, 3.05) is 5.32 Å². The van der Waals surface area contributed by atoms with Crippen LogP contribution < -0.4 is 15.2 Å². The number of anilines is 1. The average Bonchev–Trinajstić information content (AvgIpc) is 2.45. The van der Waals surface area contributed by atoms with Crippen LogP contribution in [-0.2, 0) is 16.6 Å². The Kier molecular flexibility index (Phi) is 4.83. The van der Waals surface area contributed by atoms with Crippen LogP contribution >= 0.6 is 0 Å². The SMILES string of the molecule is NS(=O)(=O)c1cccnc1NCc1ccc(OC(F)F)cn1. The number of halogens is 2. The van der Waals surface area contributed by atoms with Crippen LogP contribution in [0, 0.1) is 0 Å². The summed E-state index contributed by atoms with van der Waals surface area (Å²) in [4.78, 5) is 7.66. The van der Waals surface area contributed by atoms with Crippen molar-refractivity contribution in [1.29, 1.82) is 0 Å². The highest BCUT2D eigenvalue weighted by Crippen LogP contribution is 2.17. The normalized spacial score (nSPS) is 11.5. The molecule has 2 heterocycles. The maximum Gasteiger partial charge on any atom is 0.387 e. The maximum atomic E-state index is 12.0. The first-order chi connectivity index (χ1) is 10.4. The van der Waals surface area contributed by atoms with Crippen molar-refractivity contribution in [2.24, 2.45) is 5.14 Å². The van der Waals surface area contributed by atoms with Gasteiger partial charge in [0, 0.05) is 6.20 Å². The zero-order valence-corrected chi connectivity index (χ0v) is 11.9. The number of rotatable bonds is 6. The Hall–Kier alpha value is -2.33. The van der Waals surface area contributed by atoms with E-state index in [-0.39, 0.29) is 23.0 Å². The summed E-state index contributed by atoms with van der Waals surface area (Å²) in [7, 11) is -3.91. The van der Waals surface area contributed by atoms with Crippen LogP contribution in [0.2, 0.25) is 0 Å². The molecule has 0 aliphatic heterocycles. The van der Waals surface area contributed by atoms with Gasteiger partial charge in [0.2, 0.25) is 10.0 Å². The van der Waals surface area contributed by atoms with Gasteiger partial charge >= 0.3 is 6.61 Å². The molecule has 0 saturated carbocycles. The van der Waals surface area contributed by atoms with Crippen LogP contribution in [0.5, 0.6) is 5.75 Å². The molecule has 118 valence electrons. The summed E-state index contributed by atoms with van der Waals surface area (Å²) in [5.41, 5.74) is 0.479. The molecule has 10 heteroatoms. The smallest absolute Gasteiger partial charge is 0.387 e. The monoisotopic (exact) mass is 330 g/mol. The molecule has 0 atom stereocenters. The third-order valence-corrected chi connectivity index (χ3v) is 3.48. The summed E-state index contributed by atoms with van der Waals surface area (Å²) in [6, 6.07) is 5.55. The van der Waals surface area contributed by atoms with Crippen LogP contribution in [0.3, 0.4) is 0 Å². The largest absolute Gasteiger partial charge is 0.433 e. The van der Waals surface area contributed by atoms with E-state index in [0.717, 1.165) is 6.20 Å². The number of nitrogens with zero attached hydrogens (tertiary/aromatic N) is 2. The molecule has 7 nitrogen and oxygen atoms in total. The molecule has 0 aliphatic carbocycles. The van der Waals surface area contributed by atoms with E-state index in [1.165, 1.54) is 30.5 Å². The van der Waals surface area contributed by atoms with Crippen LogP contribution in [0.15, 0.2) is 41.6 Å². The van der Waals surface area contributed by atoms with Gasteiger partial charge in [0.25, 0.3) is 0 Å². The maximum absolute atomic E-state index is 12.0. The number of hydrogen-bond donors (Lipinski definition) is 2. The van der Waals surface area contributed by atoms with E-state index in [2.05, 4.69) is 20.0 Å². The van der Waals surface area contributed by atoms with Crippen LogP contribution in [0.1, 0.15) is 5.69 Å². The summed E-state index contributed by atoms with van der Waals surface area (Å²) in [5, 5.41) is 7.86. The Labute approximate surface area is 125 Å². The number of aromatic nitrogens is 2. The van der Waals surface area contributed by atoms with Crippen LogP contribution in [0.4, 0.5) is 14.6 Å². The molecule has 0 spiro atoms. The molecule has 2 aromatic rings. The predicted molar refractivity (Wildman–Crippen MR) is 73.8 cm³/mol. The molecular formula is C12H12F2N4O3S. The number of hydrogen-bond acceptors (Lipinski definition) is 6. The van der Waals surface area contributed by atoms with Crippen molar-refractivity contribution < 1.29 is 21.9 Å². The van der Waals surface area contributed by atoms with E-state index >= 15 is 0 Å². The van der Waals surface area contributed by atoms with E-state index in [1.54, 1.807) is 0 Å². The molecule has 0 amide bonds. The lowest BCUT2D eigenvalue weighted by atomic mass is 10.3. The molecule has 0 aromatic carbocycles. The Morgan fingerprint density at radius 3 is 2.64 bits per heavy atom. The molecule has 22 heavy (non-hydrogen) atoms. The number of ether oxygens (including phenoxy) is 1. The van der Waals surface area contributed by atoms with Crippen LogP contribution in [-0.4, -0.2) is 25.0 Å². The van der Waals surface area contributed by atoms with E-state index in [0.29, 0.717) is 5.69 Å².